The monoisotopic (exact) mass is 783 g/mol. The molecule has 0 bridgehead atoms. The topological polar surface area (TPSA) is 27.6 Å². The molecule has 54 valence electrons. The Hall–Kier alpha value is 4.09. The molecule has 0 rings (SSSR count). The molecular weight excluding hydrogens is 776 g/mol. The first kappa shape index (κ1) is 18.0. The van der Waals surface area contributed by atoms with Crippen LogP contribution in [0, 0.1) is 0 Å². The minimum absolute atomic E-state index is 0. The second-order valence-electron chi connectivity index (χ2n) is 0.429. The molecule has 0 atom stereocenters. The van der Waals surface area contributed by atoms with E-state index in [1.807, 2.05) is 0 Å². The van der Waals surface area contributed by atoms with Crippen LogP contribution >= 0.6 is 71.0 Å². The Morgan fingerprint density at radius 1 is 1.00 bits per heavy atom. The molecule has 0 saturated heterocycles. The van der Waals surface area contributed by atoms with Crippen LogP contribution in [-0.2, 0) is 0 Å². The van der Waals surface area contributed by atoms with E-state index in [0.29, 0.717) is 0 Å². The summed E-state index contributed by atoms with van der Waals surface area (Å²) in [5.74, 6) is 0. The third-order valence-electron chi connectivity index (χ3n) is 0. The normalized spacial score (nSPS) is 8.25. The molecule has 0 saturated carbocycles. The Morgan fingerprint density at radius 2 is 1.00 bits per heavy atom. The molecule has 0 fully saturated rings. The average molecular weight is 782 g/mol. The van der Waals surface area contributed by atoms with E-state index in [9.17, 15) is 0 Å². The zero-order valence-corrected chi connectivity index (χ0v) is 17.4. The van der Waals surface area contributed by atoms with E-state index in [1.165, 1.54) is 0 Å². The molecule has 7 heteroatoms. The van der Waals surface area contributed by atoms with Crippen LogP contribution in [0.2, 0.25) is 0 Å². The van der Waals surface area contributed by atoms with Crippen LogP contribution in [0.5, 0.6) is 0 Å². The fourth-order valence-corrected chi connectivity index (χ4v) is 0. The molecule has 0 aromatic rings. The molecule has 0 heterocycles. The van der Waals surface area contributed by atoms with E-state index in [0.717, 1.165) is 0 Å². The standard InChI is InChI=1S/CH5N.ClH.4HI.Pb/c1-2;;;;;;/h2H2,1H3;5*1H;/q;;;;;;+4/p-4. The molecule has 0 unspecified atom stereocenters. The van der Waals surface area contributed by atoms with Gasteiger partial charge < -0.3 is 18.1 Å². The summed E-state index contributed by atoms with van der Waals surface area (Å²) < 4.78 is -1.40. The zero-order valence-electron chi connectivity index (χ0n) is 4.10. The van der Waals surface area contributed by atoms with E-state index in [-0.39, 0.29) is 12.4 Å². The molecule has 0 spiro atoms. The van der Waals surface area contributed by atoms with Gasteiger partial charge in [-0.15, -0.1) is 0 Å². The molecule has 8 heavy (non-hydrogen) atoms. The van der Waals surface area contributed by atoms with Crippen LogP contribution < -0.4 is 18.1 Å². The second kappa shape index (κ2) is 11.1. The van der Waals surface area contributed by atoms with Gasteiger partial charge in [0.15, 0.2) is 0 Å². The molecule has 0 aliphatic heterocycles. The number of quaternary nitrogens is 1. The Morgan fingerprint density at radius 3 is 1.00 bits per heavy atom. The SMILES string of the molecule is C[NH3+].[Cl-].[I][Pb]([I])([I])[I]. The summed E-state index contributed by atoms with van der Waals surface area (Å²) in [6.45, 7) is 0. The van der Waals surface area contributed by atoms with Gasteiger partial charge in [0, 0.05) is 0 Å². The first-order valence-corrected chi connectivity index (χ1v) is 45.2. The van der Waals surface area contributed by atoms with Crippen molar-refractivity contribution in [2.75, 3.05) is 7.05 Å². The summed E-state index contributed by atoms with van der Waals surface area (Å²) in [6.07, 6.45) is 0. The van der Waals surface area contributed by atoms with Gasteiger partial charge in [0.1, 0.15) is 0 Å². The maximum absolute atomic E-state index is 3.25. The van der Waals surface area contributed by atoms with Gasteiger partial charge in [-0.25, -0.2) is 0 Å². The van der Waals surface area contributed by atoms with Crippen molar-refractivity contribution in [3.05, 3.63) is 0 Å². The summed E-state index contributed by atoms with van der Waals surface area (Å²) in [7, 11) is 1.75. The Balaban J connectivity index is -0.0000000750. The molecule has 0 aliphatic carbocycles. The quantitative estimate of drug-likeness (QED) is 0.242. The maximum atomic E-state index is 3.25. The van der Waals surface area contributed by atoms with Crippen molar-refractivity contribution < 1.29 is 18.1 Å². The fourth-order valence-electron chi connectivity index (χ4n) is 0. The summed E-state index contributed by atoms with van der Waals surface area (Å²) in [5, 5.41) is 0. The van der Waals surface area contributed by atoms with Crippen LogP contribution in [0.4, 0.5) is 0 Å². The van der Waals surface area contributed by atoms with E-state index < -0.39 is 4.00 Å². The number of rotatable bonds is 0. The van der Waals surface area contributed by atoms with Crippen molar-refractivity contribution in [3.63, 3.8) is 0 Å². The Labute approximate surface area is 96.9 Å². The third kappa shape index (κ3) is 49.8. The molecule has 0 radical (unpaired) electrons. The van der Waals surface area contributed by atoms with Crippen LogP contribution in [-0.4, -0.2) is 11.0 Å². The predicted octanol–water partition coefficient (Wildman–Crippen LogP) is -0.976. The molecule has 0 aliphatic rings. The molecule has 0 aromatic carbocycles. The van der Waals surface area contributed by atoms with Gasteiger partial charge >= 0.3 is 75.0 Å². The van der Waals surface area contributed by atoms with Crippen LogP contribution in [0.15, 0.2) is 0 Å². The van der Waals surface area contributed by atoms with Gasteiger partial charge in [-0.2, -0.15) is 0 Å². The van der Waals surface area contributed by atoms with Crippen molar-refractivity contribution >= 4 is 75.0 Å². The number of hydrogen-bond acceptors (Lipinski definition) is 0. The van der Waals surface area contributed by atoms with Crippen molar-refractivity contribution in [1.29, 1.82) is 0 Å². The number of hydrogen-bond donors (Lipinski definition) is 1. The first-order chi connectivity index (χ1) is 3.00. The van der Waals surface area contributed by atoms with Crippen molar-refractivity contribution in [1.82, 2.24) is 0 Å². The van der Waals surface area contributed by atoms with Crippen LogP contribution in [0.3, 0.4) is 0 Å². The van der Waals surface area contributed by atoms with Gasteiger partial charge in [-0.05, 0) is 0 Å². The van der Waals surface area contributed by atoms with E-state index in [2.05, 4.69) is 76.8 Å². The van der Waals surface area contributed by atoms with Gasteiger partial charge in [0.2, 0.25) is 0 Å². The average Bonchev–Trinajstić information content (AvgIpc) is 1.36. The Bertz CT molecular complexity index is 31.5. The van der Waals surface area contributed by atoms with E-state index in [4.69, 9.17) is 0 Å². The first-order valence-electron chi connectivity index (χ1n) is 1.46. The molecule has 1 nitrogen and oxygen atoms in total. The second-order valence-corrected chi connectivity index (χ2v) is 169. The Kier molecular flexibility index (Phi) is 25.0. The van der Waals surface area contributed by atoms with E-state index in [1.54, 1.807) is 7.05 Å². The van der Waals surface area contributed by atoms with Crippen LogP contribution in [0.25, 0.3) is 0 Å². The molecule has 0 aromatic heterocycles. The van der Waals surface area contributed by atoms with Crippen molar-refractivity contribution in [3.8, 4) is 0 Å². The molecule has 0 amide bonds. The zero-order chi connectivity index (χ0) is 6.50. The number of halogens is 5. The third-order valence-corrected chi connectivity index (χ3v) is 0. The predicted molar refractivity (Wildman–Crippen MR) is 70.6 cm³/mol. The summed E-state index contributed by atoms with van der Waals surface area (Å²) in [6, 6.07) is 0. The van der Waals surface area contributed by atoms with Gasteiger partial charge in [-0.1, -0.05) is 0 Å². The van der Waals surface area contributed by atoms with E-state index >= 15 is 0 Å². The van der Waals surface area contributed by atoms with Crippen molar-refractivity contribution in [2.45, 2.75) is 0 Å². The summed E-state index contributed by atoms with van der Waals surface area (Å²) in [4.78, 5) is 0. The van der Waals surface area contributed by atoms with Gasteiger partial charge in [0.05, 0.1) is 7.05 Å². The van der Waals surface area contributed by atoms with Gasteiger partial charge in [-0.3, -0.25) is 0 Å². The molecular formula is CH6ClI4NPb. The van der Waals surface area contributed by atoms with Crippen LogP contribution in [0.1, 0.15) is 0 Å². The summed E-state index contributed by atoms with van der Waals surface area (Å²) in [5.41, 5.74) is 3.25. The minimum atomic E-state index is -1.40. The molecule has 3 N–H and O–H groups in total. The van der Waals surface area contributed by atoms with Gasteiger partial charge in [0.25, 0.3) is 0 Å². The van der Waals surface area contributed by atoms with Crippen molar-refractivity contribution in [2.24, 2.45) is 0 Å². The summed E-state index contributed by atoms with van der Waals surface area (Å²) >= 11 is 10.2. The fraction of sp³-hybridized carbons (Fsp3) is 1.00.